The van der Waals surface area contributed by atoms with Crippen molar-refractivity contribution in [2.24, 2.45) is 0 Å². The fraction of sp³-hybridized carbons (Fsp3) is 0.571. The van der Waals surface area contributed by atoms with E-state index in [1.807, 2.05) is 16.5 Å². The second-order valence-electron chi connectivity index (χ2n) is 5.82. The van der Waals surface area contributed by atoms with Crippen LogP contribution in [0.4, 0.5) is 0 Å². The Morgan fingerprint density at radius 3 is 2.95 bits per heavy atom. The van der Waals surface area contributed by atoms with Crippen molar-refractivity contribution >= 4 is 5.91 Å². The molecule has 7 heteroatoms. The average molecular weight is 286 g/mol. The van der Waals surface area contributed by atoms with Crippen molar-refractivity contribution in [3.8, 4) is 0 Å². The van der Waals surface area contributed by atoms with Crippen molar-refractivity contribution in [3.63, 3.8) is 0 Å². The first-order chi connectivity index (χ1) is 10.2. The molecule has 110 valence electrons. The molecule has 1 saturated carbocycles. The van der Waals surface area contributed by atoms with Gasteiger partial charge in [-0.15, -0.1) is 0 Å². The topological polar surface area (TPSA) is 68.8 Å². The Hall–Kier alpha value is -2.18. The van der Waals surface area contributed by atoms with Crippen LogP contribution in [-0.4, -0.2) is 41.7 Å². The molecule has 0 N–H and O–H groups in total. The van der Waals surface area contributed by atoms with Crippen LogP contribution in [0, 0.1) is 0 Å². The molecule has 0 bridgehead atoms. The fourth-order valence-electron chi connectivity index (χ4n) is 2.86. The van der Waals surface area contributed by atoms with Crippen LogP contribution in [0.3, 0.4) is 0 Å². The van der Waals surface area contributed by atoms with Gasteiger partial charge in [0.25, 0.3) is 0 Å². The number of hydrogen-bond donors (Lipinski definition) is 0. The van der Waals surface area contributed by atoms with Gasteiger partial charge in [0, 0.05) is 24.9 Å². The van der Waals surface area contributed by atoms with Crippen LogP contribution in [-0.2, 0) is 17.9 Å². The average Bonchev–Trinajstić information content (AvgIpc) is 3.02. The zero-order valence-electron chi connectivity index (χ0n) is 12.0. The molecule has 0 spiro atoms. The van der Waals surface area contributed by atoms with Crippen molar-refractivity contribution in [2.45, 2.75) is 44.8 Å². The van der Waals surface area contributed by atoms with Gasteiger partial charge in [0.1, 0.15) is 12.4 Å². The second kappa shape index (κ2) is 4.68. The smallest absolute Gasteiger partial charge is 0.243 e. The van der Waals surface area contributed by atoms with Gasteiger partial charge in [-0.25, -0.2) is 14.6 Å². The number of rotatable bonds is 3. The molecule has 3 heterocycles. The molecule has 2 aromatic rings. The van der Waals surface area contributed by atoms with Gasteiger partial charge in [0.15, 0.2) is 5.82 Å². The van der Waals surface area contributed by atoms with E-state index >= 15 is 0 Å². The highest BCUT2D eigenvalue weighted by Crippen LogP contribution is 2.39. The lowest BCUT2D eigenvalue weighted by atomic mass is 10.2. The van der Waals surface area contributed by atoms with E-state index in [-0.39, 0.29) is 11.9 Å². The van der Waals surface area contributed by atoms with Crippen LogP contribution in [0.2, 0.25) is 0 Å². The summed E-state index contributed by atoms with van der Waals surface area (Å²) >= 11 is 0. The zero-order chi connectivity index (χ0) is 14.4. The van der Waals surface area contributed by atoms with Crippen molar-refractivity contribution in [2.75, 3.05) is 6.54 Å². The van der Waals surface area contributed by atoms with Crippen LogP contribution >= 0.6 is 0 Å². The summed E-state index contributed by atoms with van der Waals surface area (Å²) in [5.74, 6) is 2.52. The van der Waals surface area contributed by atoms with Crippen LogP contribution in [0.5, 0.6) is 0 Å². The van der Waals surface area contributed by atoms with E-state index < -0.39 is 0 Å². The van der Waals surface area contributed by atoms with Gasteiger partial charge in [0.05, 0.1) is 18.9 Å². The van der Waals surface area contributed by atoms with E-state index in [9.17, 15) is 4.79 Å². The highest BCUT2D eigenvalue weighted by atomic mass is 16.2. The summed E-state index contributed by atoms with van der Waals surface area (Å²) in [6, 6.07) is -0.0187. The minimum Gasteiger partial charge on any atom is -0.329 e. The zero-order valence-corrected chi connectivity index (χ0v) is 12.0. The van der Waals surface area contributed by atoms with Crippen LogP contribution < -0.4 is 0 Å². The Kier molecular flexibility index (Phi) is 2.80. The maximum Gasteiger partial charge on any atom is 0.243 e. The third kappa shape index (κ3) is 2.22. The van der Waals surface area contributed by atoms with Crippen LogP contribution in [0.15, 0.2) is 18.7 Å². The van der Waals surface area contributed by atoms with Crippen molar-refractivity contribution in [1.82, 2.24) is 29.2 Å². The molecule has 1 atom stereocenters. The Morgan fingerprint density at radius 2 is 2.24 bits per heavy atom. The number of hydrogen-bond acceptors (Lipinski definition) is 4. The predicted octanol–water partition coefficient (Wildman–Crippen LogP) is 0.955. The van der Waals surface area contributed by atoms with Gasteiger partial charge < -0.3 is 9.47 Å². The Labute approximate surface area is 122 Å². The Balaban J connectivity index is 1.53. The molecule has 1 fully saturated rings. The van der Waals surface area contributed by atoms with E-state index in [0.717, 1.165) is 18.2 Å². The summed E-state index contributed by atoms with van der Waals surface area (Å²) in [6.07, 6.45) is 7.55. The first-order valence-electron chi connectivity index (χ1n) is 7.42. The SMILES string of the molecule is C[C@@H]1c2nc(C3CC3)nn2CCN1C(=O)Cn1ccnc1. The van der Waals surface area contributed by atoms with Gasteiger partial charge >= 0.3 is 0 Å². The van der Waals surface area contributed by atoms with Gasteiger partial charge in [-0.2, -0.15) is 5.10 Å². The molecule has 7 nitrogen and oxygen atoms in total. The number of carbonyl (C=O) groups is 1. The normalized spacial score (nSPS) is 21.4. The molecule has 4 rings (SSSR count). The molecule has 0 unspecified atom stereocenters. The highest BCUT2D eigenvalue weighted by molar-refractivity contribution is 5.76. The summed E-state index contributed by atoms with van der Waals surface area (Å²) in [7, 11) is 0. The highest BCUT2D eigenvalue weighted by Gasteiger charge is 2.34. The largest absolute Gasteiger partial charge is 0.329 e. The third-order valence-corrected chi connectivity index (χ3v) is 4.25. The van der Waals surface area contributed by atoms with Gasteiger partial charge in [-0.1, -0.05) is 0 Å². The molecule has 1 amide bonds. The molecular formula is C14H18N6O. The Bertz CT molecular complexity index is 657. The minimum atomic E-state index is -0.0187. The van der Waals surface area contributed by atoms with Crippen LogP contribution in [0.1, 0.15) is 43.4 Å². The molecular weight excluding hydrogens is 268 g/mol. The molecule has 1 aliphatic carbocycles. The Morgan fingerprint density at radius 1 is 1.38 bits per heavy atom. The van der Waals surface area contributed by atoms with Gasteiger partial charge in [-0.05, 0) is 19.8 Å². The molecule has 0 saturated heterocycles. The lowest BCUT2D eigenvalue weighted by Gasteiger charge is -2.33. The second-order valence-corrected chi connectivity index (χ2v) is 5.82. The first kappa shape index (κ1) is 12.6. The van der Waals surface area contributed by atoms with Gasteiger partial charge in [0.2, 0.25) is 5.91 Å². The molecule has 2 aliphatic rings. The maximum atomic E-state index is 12.5. The number of imidazole rings is 1. The summed E-state index contributed by atoms with van der Waals surface area (Å²) in [6.45, 7) is 3.78. The molecule has 0 radical (unpaired) electrons. The summed E-state index contributed by atoms with van der Waals surface area (Å²) < 4.78 is 3.77. The van der Waals surface area contributed by atoms with E-state index in [1.165, 1.54) is 12.8 Å². The third-order valence-electron chi connectivity index (χ3n) is 4.25. The number of fused-ring (bicyclic) bond motifs is 1. The monoisotopic (exact) mass is 286 g/mol. The summed E-state index contributed by atoms with van der Waals surface area (Å²) in [5.41, 5.74) is 0. The van der Waals surface area contributed by atoms with Crippen molar-refractivity contribution in [3.05, 3.63) is 30.4 Å². The van der Waals surface area contributed by atoms with E-state index in [1.54, 1.807) is 23.3 Å². The van der Waals surface area contributed by atoms with E-state index in [2.05, 4.69) is 15.1 Å². The maximum absolute atomic E-state index is 12.5. The number of amides is 1. The van der Waals surface area contributed by atoms with E-state index in [0.29, 0.717) is 19.0 Å². The van der Waals surface area contributed by atoms with Gasteiger partial charge in [-0.3, -0.25) is 4.79 Å². The molecule has 0 aromatic carbocycles. The van der Waals surface area contributed by atoms with Crippen molar-refractivity contribution in [1.29, 1.82) is 0 Å². The lowest BCUT2D eigenvalue weighted by molar-refractivity contribution is -0.135. The van der Waals surface area contributed by atoms with Crippen molar-refractivity contribution < 1.29 is 4.79 Å². The number of aromatic nitrogens is 5. The summed E-state index contributed by atoms with van der Waals surface area (Å²) in [4.78, 5) is 23.0. The first-order valence-corrected chi connectivity index (χ1v) is 7.42. The minimum absolute atomic E-state index is 0.0187. The van der Waals surface area contributed by atoms with E-state index in [4.69, 9.17) is 0 Å². The van der Waals surface area contributed by atoms with Crippen LogP contribution in [0.25, 0.3) is 0 Å². The number of carbonyl (C=O) groups excluding carboxylic acids is 1. The lowest BCUT2D eigenvalue weighted by Crippen LogP contribution is -2.42. The molecule has 2 aromatic heterocycles. The summed E-state index contributed by atoms with van der Waals surface area (Å²) in [5, 5.41) is 4.59. The standard InChI is InChI=1S/C14H18N6O/c1-10-14-16-13(11-2-3-11)17-20(14)7-6-19(10)12(21)8-18-5-4-15-9-18/h4-5,9-11H,2-3,6-8H2,1H3/t10-/m1/s1. The number of nitrogens with zero attached hydrogens (tertiary/aromatic N) is 6. The molecule has 1 aliphatic heterocycles. The predicted molar refractivity (Wildman–Crippen MR) is 74.4 cm³/mol. The molecule has 21 heavy (non-hydrogen) atoms. The fourth-order valence-corrected chi connectivity index (χ4v) is 2.86. The quantitative estimate of drug-likeness (QED) is 0.842.